The minimum absolute atomic E-state index is 0.308. The number of thiazole rings is 2. The third-order valence-electron chi connectivity index (χ3n) is 2.97. The molecule has 0 fully saturated rings. The molecule has 0 saturated carbocycles. The van der Waals surface area contributed by atoms with Gasteiger partial charge in [0.25, 0.3) is 0 Å². The normalized spacial score (nSPS) is 12.2. The topological polar surface area (TPSA) is 66.6 Å². The molecule has 0 aliphatic rings. The summed E-state index contributed by atoms with van der Waals surface area (Å²) in [6.07, 6.45) is 0. The summed E-state index contributed by atoms with van der Waals surface area (Å²) in [5.41, 5.74) is 2.64. The summed E-state index contributed by atoms with van der Waals surface area (Å²) >= 11 is 2.44. The van der Waals surface area contributed by atoms with E-state index in [9.17, 15) is 14.4 Å². The van der Waals surface area contributed by atoms with Crippen LogP contribution in [0.4, 0.5) is 4.39 Å². The minimum Gasteiger partial charge on any atom is -0.291 e. The Hall–Kier alpha value is -2.17. The van der Waals surface area contributed by atoms with Crippen molar-refractivity contribution < 1.29 is 9.18 Å². The van der Waals surface area contributed by atoms with Crippen molar-refractivity contribution in [2.24, 2.45) is 0 Å². The van der Waals surface area contributed by atoms with E-state index in [1.165, 1.54) is 34.8 Å². The van der Waals surface area contributed by atoms with E-state index in [0.717, 1.165) is 4.70 Å². The monoisotopic (exact) mass is 317 g/mol. The van der Waals surface area contributed by atoms with Crippen LogP contribution in [0.1, 0.15) is 26.3 Å². The van der Waals surface area contributed by atoms with E-state index < -0.39 is 11.7 Å². The van der Waals surface area contributed by atoms with Crippen LogP contribution in [0.15, 0.2) is 23.7 Å². The summed E-state index contributed by atoms with van der Waals surface area (Å²) < 4.78 is 13.9. The molecule has 0 N–H and O–H groups in total. The molecule has 4 nitrogen and oxygen atoms in total. The second kappa shape index (κ2) is 5.31. The van der Waals surface area contributed by atoms with Gasteiger partial charge in [-0.1, -0.05) is 0 Å². The molecule has 1 unspecified atom stereocenters. The zero-order valence-corrected chi connectivity index (χ0v) is 12.5. The standard InChI is InChI=1S/C14H8FN3OS2/c1-7-13(20-6-17-7)12(19)9(5-16)14-18-10-4-8(15)2-3-11(10)21-14/h2-4,6,9H,1H3. The molecule has 7 heteroatoms. The molecule has 1 aromatic carbocycles. The maximum absolute atomic E-state index is 13.2. The molecule has 0 radical (unpaired) electrons. The fourth-order valence-electron chi connectivity index (χ4n) is 1.94. The molecule has 3 aromatic rings. The fraction of sp³-hybridized carbons (Fsp3) is 0.143. The quantitative estimate of drug-likeness (QED) is 0.691. The summed E-state index contributed by atoms with van der Waals surface area (Å²) in [5, 5.41) is 9.71. The maximum Gasteiger partial charge on any atom is 0.198 e. The lowest BCUT2D eigenvalue weighted by Gasteiger charge is -2.02. The highest BCUT2D eigenvalue weighted by atomic mass is 32.1. The van der Waals surface area contributed by atoms with Crippen LogP contribution in [-0.2, 0) is 0 Å². The maximum atomic E-state index is 13.2. The molecule has 2 aromatic heterocycles. The van der Waals surface area contributed by atoms with Crippen LogP contribution in [0, 0.1) is 24.1 Å². The molecular formula is C14H8FN3OS2. The van der Waals surface area contributed by atoms with Gasteiger partial charge in [0.1, 0.15) is 10.8 Å². The van der Waals surface area contributed by atoms with E-state index in [1.807, 2.05) is 6.07 Å². The number of aryl methyl sites for hydroxylation is 1. The number of ketones is 1. The molecule has 0 bridgehead atoms. The predicted octanol–water partition coefficient (Wildman–Crippen LogP) is 3.69. The van der Waals surface area contributed by atoms with E-state index in [-0.39, 0.29) is 5.78 Å². The van der Waals surface area contributed by atoms with E-state index >= 15 is 0 Å². The molecule has 0 amide bonds. The van der Waals surface area contributed by atoms with Crippen molar-refractivity contribution in [3.05, 3.63) is 45.1 Å². The molecule has 0 aliphatic heterocycles. The lowest BCUT2D eigenvalue weighted by Crippen LogP contribution is -2.10. The number of Topliss-reactive ketones (excluding diaryl/α,β-unsaturated/α-hetero) is 1. The summed E-state index contributed by atoms with van der Waals surface area (Å²) in [7, 11) is 0. The van der Waals surface area contributed by atoms with Crippen LogP contribution >= 0.6 is 22.7 Å². The van der Waals surface area contributed by atoms with Crippen LogP contribution in [-0.4, -0.2) is 15.8 Å². The number of hydrogen-bond donors (Lipinski definition) is 0. The van der Waals surface area contributed by atoms with Gasteiger partial charge in [-0.3, -0.25) is 4.79 Å². The first-order valence-corrected chi connectivity index (χ1v) is 7.69. The second-order valence-corrected chi connectivity index (χ2v) is 6.27. The largest absolute Gasteiger partial charge is 0.291 e. The van der Waals surface area contributed by atoms with E-state index in [0.29, 0.717) is 21.1 Å². The van der Waals surface area contributed by atoms with Crippen molar-refractivity contribution in [2.45, 2.75) is 12.8 Å². The second-order valence-electron chi connectivity index (χ2n) is 4.36. The van der Waals surface area contributed by atoms with Crippen molar-refractivity contribution in [3.8, 4) is 6.07 Å². The smallest absolute Gasteiger partial charge is 0.198 e. The highest BCUT2D eigenvalue weighted by molar-refractivity contribution is 7.19. The van der Waals surface area contributed by atoms with Gasteiger partial charge in [0.05, 0.1) is 32.4 Å². The van der Waals surface area contributed by atoms with Crippen molar-refractivity contribution in [2.75, 3.05) is 0 Å². The van der Waals surface area contributed by atoms with Gasteiger partial charge < -0.3 is 0 Å². The lowest BCUT2D eigenvalue weighted by molar-refractivity contribution is 0.0982. The van der Waals surface area contributed by atoms with Crippen molar-refractivity contribution in [1.82, 2.24) is 9.97 Å². The van der Waals surface area contributed by atoms with Gasteiger partial charge in [0.2, 0.25) is 0 Å². The molecule has 21 heavy (non-hydrogen) atoms. The number of hydrogen-bond acceptors (Lipinski definition) is 6. The molecule has 3 rings (SSSR count). The minimum atomic E-state index is -0.982. The molecule has 104 valence electrons. The average molecular weight is 317 g/mol. The molecule has 0 aliphatic carbocycles. The van der Waals surface area contributed by atoms with Gasteiger partial charge in [0, 0.05) is 6.07 Å². The van der Waals surface area contributed by atoms with E-state index in [2.05, 4.69) is 9.97 Å². The number of carbonyl (C=O) groups excluding carboxylic acids is 1. The Morgan fingerprint density at radius 2 is 2.29 bits per heavy atom. The summed E-state index contributed by atoms with van der Waals surface area (Å²) in [6.45, 7) is 1.73. The highest BCUT2D eigenvalue weighted by Crippen LogP contribution is 2.31. The van der Waals surface area contributed by atoms with Crippen LogP contribution in [0.3, 0.4) is 0 Å². The molecule has 0 saturated heterocycles. The van der Waals surface area contributed by atoms with Gasteiger partial charge in [0.15, 0.2) is 11.7 Å². The van der Waals surface area contributed by atoms with E-state index in [4.69, 9.17) is 0 Å². The summed E-state index contributed by atoms with van der Waals surface area (Å²) in [4.78, 5) is 21.2. The summed E-state index contributed by atoms with van der Waals surface area (Å²) in [5.74, 6) is -1.68. The number of nitrogens with zero attached hydrogens (tertiary/aromatic N) is 3. The number of carbonyl (C=O) groups is 1. The third kappa shape index (κ3) is 2.44. The fourth-order valence-corrected chi connectivity index (χ4v) is 3.70. The molecule has 1 atom stereocenters. The average Bonchev–Trinajstić information content (AvgIpc) is 3.05. The Labute approximate surface area is 127 Å². The first kappa shape index (κ1) is 13.8. The summed E-state index contributed by atoms with van der Waals surface area (Å²) in [6, 6.07) is 6.22. The Balaban J connectivity index is 2.04. The molecule has 2 heterocycles. The number of benzene rings is 1. The van der Waals surface area contributed by atoms with Crippen LogP contribution in [0.2, 0.25) is 0 Å². The Bertz CT molecular complexity index is 878. The van der Waals surface area contributed by atoms with Crippen molar-refractivity contribution >= 4 is 38.7 Å². The third-order valence-corrected chi connectivity index (χ3v) is 5.02. The number of fused-ring (bicyclic) bond motifs is 1. The zero-order valence-electron chi connectivity index (χ0n) is 10.8. The number of aromatic nitrogens is 2. The number of nitriles is 1. The molecule has 0 spiro atoms. The highest BCUT2D eigenvalue weighted by Gasteiger charge is 2.27. The first-order chi connectivity index (χ1) is 10.1. The van der Waals surface area contributed by atoms with Crippen LogP contribution < -0.4 is 0 Å². The van der Waals surface area contributed by atoms with Crippen LogP contribution in [0.25, 0.3) is 10.2 Å². The van der Waals surface area contributed by atoms with Gasteiger partial charge >= 0.3 is 0 Å². The van der Waals surface area contributed by atoms with Gasteiger partial charge in [-0.15, -0.1) is 22.7 Å². The van der Waals surface area contributed by atoms with E-state index in [1.54, 1.807) is 18.5 Å². The predicted molar refractivity (Wildman–Crippen MR) is 79.1 cm³/mol. The molecular weight excluding hydrogens is 309 g/mol. The van der Waals surface area contributed by atoms with Crippen LogP contribution in [0.5, 0.6) is 0 Å². The SMILES string of the molecule is Cc1ncsc1C(=O)C(C#N)c1nc2cc(F)ccc2s1. The lowest BCUT2D eigenvalue weighted by atomic mass is 10.0. The number of rotatable bonds is 3. The van der Waals surface area contributed by atoms with Crippen molar-refractivity contribution in [3.63, 3.8) is 0 Å². The zero-order chi connectivity index (χ0) is 15.0. The Kier molecular flexibility index (Phi) is 3.49. The Morgan fingerprint density at radius 1 is 1.48 bits per heavy atom. The Morgan fingerprint density at radius 3 is 2.95 bits per heavy atom. The van der Waals surface area contributed by atoms with Gasteiger partial charge in [-0.25, -0.2) is 14.4 Å². The number of halogens is 1. The first-order valence-electron chi connectivity index (χ1n) is 6.00. The van der Waals surface area contributed by atoms with Crippen molar-refractivity contribution in [1.29, 1.82) is 5.26 Å². The van der Waals surface area contributed by atoms with Gasteiger partial charge in [-0.05, 0) is 19.1 Å². The van der Waals surface area contributed by atoms with Gasteiger partial charge in [-0.2, -0.15) is 5.26 Å².